The molecule has 0 atom stereocenters. The molecule has 0 aliphatic rings. The Hall–Kier alpha value is -1.53. The number of carbonyl (C=O) groups is 1. The Labute approximate surface area is 116 Å². The lowest BCUT2D eigenvalue weighted by atomic mass is 10.0. The van der Waals surface area contributed by atoms with Crippen LogP contribution in [-0.4, -0.2) is 21.9 Å². The zero-order valence-corrected chi connectivity index (χ0v) is 12.1. The predicted octanol–water partition coefficient (Wildman–Crippen LogP) is 1.87. The Morgan fingerprint density at radius 2 is 2.16 bits per heavy atom. The zero-order valence-electron chi connectivity index (χ0n) is 11.3. The Morgan fingerprint density at radius 1 is 1.42 bits per heavy atom. The van der Waals surface area contributed by atoms with Gasteiger partial charge in [-0.2, -0.15) is 4.37 Å². The molecule has 0 amide bonds. The van der Waals surface area contributed by atoms with E-state index in [1.165, 1.54) is 11.5 Å². The van der Waals surface area contributed by atoms with Gasteiger partial charge in [0.05, 0.1) is 18.7 Å². The van der Waals surface area contributed by atoms with Gasteiger partial charge in [-0.25, -0.2) is 4.98 Å². The van der Waals surface area contributed by atoms with E-state index in [0.29, 0.717) is 13.2 Å². The summed E-state index contributed by atoms with van der Waals surface area (Å²) in [6.45, 7) is 6.46. The monoisotopic (exact) mass is 279 g/mol. The average molecular weight is 279 g/mol. The third-order valence-electron chi connectivity index (χ3n) is 3.10. The molecule has 0 aromatic carbocycles. The van der Waals surface area contributed by atoms with Crippen molar-refractivity contribution in [3.8, 4) is 0 Å². The molecule has 19 heavy (non-hydrogen) atoms. The van der Waals surface area contributed by atoms with Crippen LogP contribution in [0.4, 0.5) is 0 Å². The van der Waals surface area contributed by atoms with Crippen molar-refractivity contribution in [2.24, 2.45) is 5.73 Å². The van der Waals surface area contributed by atoms with Gasteiger partial charge in [-0.3, -0.25) is 4.79 Å². The van der Waals surface area contributed by atoms with E-state index in [1.54, 1.807) is 6.92 Å². The van der Waals surface area contributed by atoms with E-state index >= 15 is 0 Å². The van der Waals surface area contributed by atoms with E-state index in [2.05, 4.69) is 9.36 Å². The number of rotatable bonds is 4. The lowest BCUT2D eigenvalue weighted by Gasteiger charge is -2.10. The normalized spacial score (nSPS) is 10.9. The predicted molar refractivity (Wildman–Crippen MR) is 75.1 cm³/mol. The highest BCUT2D eigenvalue weighted by Gasteiger charge is 2.17. The van der Waals surface area contributed by atoms with Crippen LogP contribution in [0.1, 0.15) is 29.4 Å². The molecule has 6 heteroatoms. The maximum absolute atomic E-state index is 11.7. The number of esters is 1. The summed E-state index contributed by atoms with van der Waals surface area (Å²) in [4.78, 5) is 17.0. The first-order valence-corrected chi connectivity index (χ1v) is 6.95. The highest BCUT2D eigenvalue weighted by atomic mass is 32.1. The lowest BCUT2D eigenvalue weighted by molar-refractivity contribution is -0.142. The van der Waals surface area contributed by atoms with Gasteiger partial charge in [0, 0.05) is 17.6 Å². The van der Waals surface area contributed by atoms with Crippen molar-refractivity contribution in [1.29, 1.82) is 0 Å². The van der Waals surface area contributed by atoms with Crippen LogP contribution in [-0.2, 0) is 22.5 Å². The third-order valence-corrected chi connectivity index (χ3v) is 3.88. The van der Waals surface area contributed by atoms with Gasteiger partial charge >= 0.3 is 5.97 Å². The molecule has 2 heterocycles. The molecule has 0 saturated carbocycles. The summed E-state index contributed by atoms with van der Waals surface area (Å²) < 4.78 is 9.31. The quantitative estimate of drug-likeness (QED) is 0.864. The van der Waals surface area contributed by atoms with Crippen LogP contribution in [0.2, 0.25) is 0 Å². The van der Waals surface area contributed by atoms with Gasteiger partial charge in [0.15, 0.2) is 0 Å². The van der Waals surface area contributed by atoms with Crippen molar-refractivity contribution < 1.29 is 9.53 Å². The molecule has 0 fully saturated rings. The summed E-state index contributed by atoms with van der Waals surface area (Å²) in [6, 6.07) is 0. The molecule has 2 aromatic rings. The first-order chi connectivity index (χ1) is 9.08. The molecule has 0 saturated heterocycles. The Kier molecular flexibility index (Phi) is 4.11. The molecule has 0 radical (unpaired) electrons. The van der Waals surface area contributed by atoms with Crippen molar-refractivity contribution in [1.82, 2.24) is 9.36 Å². The molecule has 0 unspecified atom stereocenters. The minimum atomic E-state index is -0.229. The summed E-state index contributed by atoms with van der Waals surface area (Å²) >= 11 is 1.35. The molecule has 0 bridgehead atoms. The molecule has 2 rings (SSSR count). The fraction of sp³-hybridized carbons (Fsp3) is 0.462. The van der Waals surface area contributed by atoms with E-state index in [0.717, 1.165) is 32.7 Å². The molecular formula is C13H17N3O2S. The second-order valence-electron chi connectivity index (χ2n) is 4.30. The molecule has 0 spiro atoms. The second kappa shape index (κ2) is 5.63. The molecule has 2 N–H and O–H groups in total. The van der Waals surface area contributed by atoms with Crippen LogP contribution in [0.5, 0.6) is 0 Å². The average Bonchev–Trinajstić information content (AvgIpc) is 2.77. The van der Waals surface area contributed by atoms with Crippen LogP contribution >= 0.6 is 11.5 Å². The number of carbonyl (C=O) groups excluding carboxylic acids is 1. The number of pyridine rings is 1. The third kappa shape index (κ3) is 2.59. The number of aryl methyl sites for hydroxylation is 2. The molecule has 102 valence electrons. The molecule has 0 aliphatic heterocycles. The van der Waals surface area contributed by atoms with Crippen LogP contribution < -0.4 is 5.73 Å². The highest BCUT2D eigenvalue weighted by molar-refractivity contribution is 7.13. The van der Waals surface area contributed by atoms with Crippen molar-refractivity contribution in [2.45, 2.75) is 33.7 Å². The number of aromatic nitrogens is 2. The molecular weight excluding hydrogens is 262 g/mol. The Morgan fingerprint density at radius 3 is 2.79 bits per heavy atom. The fourth-order valence-corrected chi connectivity index (χ4v) is 3.07. The van der Waals surface area contributed by atoms with Gasteiger partial charge in [0.25, 0.3) is 0 Å². The Bertz CT molecular complexity index is 622. The Balaban J connectivity index is 2.51. The van der Waals surface area contributed by atoms with Crippen molar-refractivity contribution >= 4 is 27.7 Å². The summed E-state index contributed by atoms with van der Waals surface area (Å²) in [5.41, 5.74) is 9.34. The number of hydrogen-bond acceptors (Lipinski definition) is 6. The maximum atomic E-state index is 11.7. The van der Waals surface area contributed by atoms with E-state index in [1.807, 2.05) is 13.8 Å². The highest BCUT2D eigenvalue weighted by Crippen LogP contribution is 2.28. The number of hydrogen-bond donors (Lipinski definition) is 1. The van der Waals surface area contributed by atoms with Crippen LogP contribution in [0, 0.1) is 13.8 Å². The first-order valence-electron chi connectivity index (χ1n) is 6.18. The van der Waals surface area contributed by atoms with Gasteiger partial charge in [-0.15, -0.1) is 0 Å². The summed E-state index contributed by atoms with van der Waals surface area (Å²) in [6.07, 6.45) is 0.244. The van der Waals surface area contributed by atoms with Crippen molar-refractivity contribution in [3.05, 3.63) is 22.5 Å². The van der Waals surface area contributed by atoms with Gasteiger partial charge in [-0.05, 0) is 43.4 Å². The standard InChI is InChI=1S/C13H17N3O2S/c1-4-18-11(17)5-9-7(2)12-10(6-14)16-19-13(12)15-8(9)3/h4-6,14H2,1-3H3. The van der Waals surface area contributed by atoms with Gasteiger partial charge < -0.3 is 10.5 Å². The van der Waals surface area contributed by atoms with Crippen LogP contribution in [0.3, 0.4) is 0 Å². The number of ether oxygens (including phenoxy) is 1. The molecule has 2 aromatic heterocycles. The molecule has 0 aliphatic carbocycles. The minimum absolute atomic E-state index is 0.229. The largest absolute Gasteiger partial charge is 0.466 e. The summed E-state index contributed by atoms with van der Waals surface area (Å²) in [7, 11) is 0. The zero-order chi connectivity index (χ0) is 14.0. The first kappa shape index (κ1) is 13.9. The van der Waals surface area contributed by atoms with Crippen LogP contribution in [0.25, 0.3) is 10.2 Å². The minimum Gasteiger partial charge on any atom is -0.466 e. The lowest BCUT2D eigenvalue weighted by Crippen LogP contribution is -2.11. The smallest absolute Gasteiger partial charge is 0.310 e. The topological polar surface area (TPSA) is 78.1 Å². The van der Waals surface area contributed by atoms with E-state index in [-0.39, 0.29) is 12.4 Å². The van der Waals surface area contributed by atoms with Crippen molar-refractivity contribution in [3.63, 3.8) is 0 Å². The maximum Gasteiger partial charge on any atom is 0.310 e. The van der Waals surface area contributed by atoms with E-state index in [9.17, 15) is 4.79 Å². The number of nitrogens with two attached hydrogens (primary N) is 1. The number of nitrogens with zero attached hydrogens (tertiary/aromatic N) is 2. The van der Waals surface area contributed by atoms with Crippen molar-refractivity contribution in [2.75, 3.05) is 6.61 Å². The number of fused-ring (bicyclic) bond motifs is 1. The van der Waals surface area contributed by atoms with E-state index < -0.39 is 0 Å². The van der Waals surface area contributed by atoms with Gasteiger partial charge in [0.1, 0.15) is 4.83 Å². The van der Waals surface area contributed by atoms with Gasteiger partial charge in [-0.1, -0.05) is 0 Å². The second-order valence-corrected chi connectivity index (χ2v) is 5.05. The summed E-state index contributed by atoms with van der Waals surface area (Å²) in [5.74, 6) is -0.229. The SMILES string of the molecule is CCOC(=O)Cc1c(C)nc2snc(CN)c2c1C. The van der Waals surface area contributed by atoms with Crippen LogP contribution in [0.15, 0.2) is 0 Å². The van der Waals surface area contributed by atoms with Gasteiger partial charge in [0.2, 0.25) is 0 Å². The fourth-order valence-electron chi connectivity index (χ4n) is 2.16. The molecule has 5 nitrogen and oxygen atoms in total. The summed E-state index contributed by atoms with van der Waals surface area (Å²) in [5, 5.41) is 0.984. The van der Waals surface area contributed by atoms with E-state index in [4.69, 9.17) is 10.5 Å².